The van der Waals surface area contributed by atoms with Crippen LogP contribution in [0.15, 0.2) is 23.4 Å². The van der Waals surface area contributed by atoms with E-state index in [0.717, 1.165) is 19.3 Å². The van der Waals surface area contributed by atoms with Crippen molar-refractivity contribution in [2.75, 3.05) is 11.9 Å². The SMILES string of the molecule is CCNc1ccncc1S(=O)(=O)NC1CCCC(C)C1. The number of hydrogen-bond acceptors (Lipinski definition) is 4. The lowest BCUT2D eigenvalue weighted by molar-refractivity contribution is 0.327. The zero-order chi connectivity index (χ0) is 14.6. The molecule has 0 bridgehead atoms. The molecule has 1 aromatic rings. The summed E-state index contributed by atoms with van der Waals surface area (Å²) >= 11 is 0. The third kappa shape index (κ3) is 3.70. The Labute approximate surface area is 121 Å². The maximum Gasteiger partial charge on any atom is 0.244 e. The van der Waals surface area contributed by atoms with Crippen molar-refractivity contribution in [2.45, 2.75) is 50.5 Å². The van der Waals surface area contributed by atoms with Crippen LogP contribution in [0.3, 0.4) is 0 Å². The summed E-state index contributed by atoms with van der Waals surface area (Å²) in [6, 6.07) is 1.74. The van der Waals surface area contributed by atoms with Gasteiger partial charge in [0.25, 0.3) is 0 Å². The van der Waals surface area contributed by atoms with Crippen molar-refractivity contribution < 1.29 is 8.42 Å². The first-order valence-corrected chi connectivity index (χ1v) is 8.71. The highest BCUT2D eigenvalue weighted by Gasteiger charge is 2.26. The van der Waals surface area contributed by atoms with Gasteiger partial charge < -0.3 is 5.32 Å². The van der Waals surface area contributed by atoms with Crippen LogP contribution >= 0.6 is 0 Å². The van der Waals surface area contributed by atoms with Gasteiger partial charge in [-0.2, -0.15) is 0 Å². The summed E-state index contributed by atoms with van der Waals surface area (Å²) in [5, 5.41) is 3.07. The minimum absolute atomic E-state index is 0.0402. The minimum atomic E-state index is -3.51. The van der Waals surface area contributed by atoms with E-state index in [-0.39, 0.29) is 10.9 Å². The number of rotatable bonds is 5. The summed E-state index contributed by atoms with van der Waals surface area (Å²) in [6.45, 7) is 4.79. The Morgan fingerprint density at radius 3 is 2.90 bits per heavy atom. The van der Waals surface area contributed by atoms with Crippen LogP contribution in [-0.4, -0.2) is 26.0 Å². The van der Waals surface area contributed by atoms with Crippen LogP contribution in [0.2, 0.25) is 0 Å². The van der Waals surface area contributed by atoms with Gasteiger partial charge in [0, 0.05) is 25.0 Å². The molecule has 1 saturated carbocycles. The van der Waals surface area contributed by atoms with Crippen molar-refractivity contribution in [1.82, 2.24) is 9.71 Å². The Balaban J connectivity index is 2.17. The minimum Gasteiger partial charge on any atom is -0.384 e. The molecule has 1 fully saturated rings. The molecule has 0 amide bonds. The summed E-state index contributed by atoms with van der Waals surface area (Å²) in [6.07, 6.45) is 7.11. The molecule has 0 saturated heterocycles. The predicted molar refractivity (Wildman–Crippen MR) is 80.1 cm³/mol. The smallest absolute Gasteiger partial charge is 0.244 e. The Morgan fingerprint density at radius 1 is 1.40 bits per heavy atom. The van der Waals surface area contributed by atoms with Crippen molar-refractivity contribution in [1.29, 1.82) is 0 Å². The fourth-order valence-corrected chi connectivity index (χ4v) is 4.16. The average molecular weight is 297 g/mol. The molecule has 20 heavy (non-hydrogen) atoms. The predicted octanol–water partition coefficient (Wildman–Crippen LogP) is 2.37. The van der Waals surface area contributed by atoms with Crippen LogP contribution in [-0.2, 0) is 10.0 Å². The Bertz CT molecular complexity index is 545. The Kier molecular flexibility index (Phi) is 4.99. The van der Waals surface area contributed by atoms with Crippen molar-refractivity contribution in [3.63, 3.8) is 0 Å². The number of anilines is 1. The summed E-state index contributed by atoms with van der Waals surface area (Å²) in [7, 11) is -3.51. The highest BCUT2D eigenvalue weighted by atomic mass is 32.2. The second kappa shape index (κ2) is 6.54. The molecule has 2 rings (SSSR count). The number of nitrogens with one attached hydrogen (secondary N) is 2. The molecule has 2 atom stereocenters. The highest BCUT2D eigenvalue weighted by Crippen LogP contribution is 2.26. The third-order valence-corrected chi connectivity index (χ3v) is 5.25. The Morgan fingerprint density at radius 2 is 2.20 bits per heavy atom. The number of nitrogens with zero attached hydrogens (tertiary/aromatic N) is 1. The van der Waals surface area contributed by atoms with Gasteiger partial charge in [-0.05, 0) is 31.7 Å². The number of hydrogen-bond donors (Lipinski definition) is 2. The van der Waals surface area contributed by atoms with Gasteiger partial charge in [-0.25, -0.2) is 13.1 Å². The molecular formula is C14H23N3O2S. The van der Waals surface area contributed by atoms with Gasteiger partial charge in [-0.1, -0.05) is 19.8 Å². The lowest BCUT2D eigenvalue weighted by Gasteiger charge is -2.27. The summed E-state index contributed by atoms with van der Waals surface area (Å²) < 4.78 is 27.9. The lowest BCUT2D eigenvalue weighted by atomic mass is 9.88. The lowest BCUT2D eigenvalue weighted by Crippen LogP contribution is -2.38. The van der Waals surface area contributed by atoms with Gasteiger partial charge in [-0.15, -0.1) is 0 Å². The van der Waals surface area contributed by atoms with E-state index in [4.69, 9.17) is 0 Å². The van der Waals surface area contributed by atoms with Gasteiger partial charge in [0.1, 0.15) is 4.90 Å². The normalized spacial score (nSPS) is 23.5. The van der Waals surface area contributed by atoms with E-state index >= 15 is 0 Å². The van der Waals surface area contributed by atoms with Crippen LogP contribution in [0.25, 0.3) is 0 Å². The molecule has 1 heterocycles. The fourth-order valence-electron chi connectivity index (χ4n) is 2.75. The number of sulfonamides is 1. The summed E-state index contributed by atoms with van der Waals surface area (Å²) in [5.41, 5.74) is 0.610. The first-order valence-electron chi connectivity index (χ1n) is 7.23. The maximum atomic E-state index is 12.5. The molecule has 2 unspecified atom stereocenters. The Hall–Kier alpha value is -1.14. The van der Waals surface area contributed by atoms with E-state index in [2.05, 4.69) is 21.9 Å². The topological polar surface area (TPSA) is 71.1 Å². The van der Waals surface area contributed by atoms with Crippen LogP contribution in [0, 0.1) is 5.92 Å². The fraction of sp³-hybridized carbons (Fsp3) is 0.643. The largest absolute Gasteiger partial charge is 0.384 e. The van der Waals surface area contributed by atoms with Gasteiger partial charge in [-0.3, -0.25) is 4.98 Å². The summed E-state index contributed by atoms with van der Waals surface area (Å²) in [5.74, 6) is 0.582. The third-order valence-electron chi connectivity index (χ3n) is 3.70. The molecule has 1 aliphatic rings. The summed E-state index contributed by atoms with van der Waals surface area (Å²) in [4.78, 5) is 4.18. The molecule has 1 aromatic heterocycles. The highest BCUT2D eigenvalue weighted by molar-refractivity contribution is 7.89. The monoisotopic (exact) mass is 297 g/mol. The molecule has 1 aliphatic carbocycles. The molecule has 0 spiro atoms. The van der Waals surface area contributed by atoms with Crippen LogP contribution in [0.1, 0.15) is 39.5 Å². The first kappa shape index (κ1) is 15.3. The number of aromatic nitrogens is 1. The quantitative estimate of drug-likeness (QED) is 0.875. The van der Waals surface area contributed by atoms with Crippen LogP contribution < -0.4 is 10.0 Å². The average Bonchev–Trinajstić information content (AvgIpc) is 2.39. The van der Waals surface area contributed by atoms with Crippen LogP contribution in [0.4, 0.5) is 5.69 Å². The number of pyridine rings is 1. The maximum absolute atomic E-state index is 12.5. The van der Waals surface area contributed by atoms with E-state index < -0.39 is 10.0 Å². The van der Waals surface area contributed by atoms with E-state index in [1.165, 1.54) is 12.6 Å². The van der Waals surface area contributed by atoms with Gasteiger partial charge >= 0.3 is 0 Å². The van der Waals surface area contributed by atoms with Gasteiger partial charge in [0.2, 0.25) is 10.0 Å². The van der Waals surface area contributed by atoms with E-state index in [9.17, 15) is 8.42 Å². The second-order valence-corrected chi connectivity index (χ2v) is 7.17. The molecular weight excluding hydrogens is 274 g/mol. The molecule has 112 valence electrons. The van der Waals surface area contributed by atoms with Crippen molar-refractivity contribution >= 4 is 15.7 Å². The van der Waals surface area contributed by atoms with Crippen molar-refractivity contribution in [3.8, 4) is 0 Å². The molecule has 2 N–H and O–H groups in total. The van der Waals surface area contributed by atoms with E-state index in [1.807, 2.05) is 6.92 Å². The van der Waals surface area contributed by atoms with E-state index in [0.29, 0.717) is 18.2 Å². The first-order chi connectivity index (χ1) is 9.53. The molecule has 0 aliphatic heterocycles. The molecule has 6 heteroatoms. The van der Waals surface area contributed by atoms with Crippen LogP contribution in [0.5, 0.6) is 0 Å². The van der Waals surface area contributed by atoms with Gasteiger partial charge in [0.15, 0.2) is 0 Å². The molecule has 0 radical (unpaired) electrons. The zero-order valence-corrected chi connectivity index (χ0v) is 12.9. The standard InChI is InChI=1S/C14H23N3O2S/c1-3-16-13-7-8-15-10-14(13)20(18,19)17-12-6-4-5-11(2)9-12/h7-8,10-12,17H,3-6,9H2,1-2H3,(H,15,16). The van der Waals surface area contributed by atoms with Crippen molar-refractivity contribution in [2.24, 2.45) is 5.92 Å². The van der Waals surface area contributed by atoms with Crippen molar-refractivity contribution in [3.05, 3.63) is 18.5 Å². The van der Waals surface area contributed by atoms with E-state index in [1.54, 1.807) is 12.3 Å². The zero-order valence-electron chi connectivity index (χ0n) is 12.1. The molecule has 0 aromatic carbocycles. The second-order valence-electron chi connectivity index (χ2n) is 5.49. The molecule has 5 nitrogen and oxygen atoms in total. The van der Waals surface area contributed by atoms with Gasteiger partial charge in [0.05, 0.1) is 5.69 Å².